The van der Waals surface area contributed by atoms with E-state index in [0.717, 1.165) is 18.3 Å². The molecule has 1 nitrogen and oxygen atoms in total. The third-order valence-electron chi connectivity index (χ3n) is 4.05. The van der Waals surface area contributed by atoms with Gasteiger partial charge in [0.25, 0.3) is 0 Å². The van der Waals surface area contributed by atoms with Crippen LogP contribution in [0.1, 0.15) is 25.7 Å². The zero-order valence-electron chi connectivity index (χ0n) is 7.20. The Bertz CT molecular complexity index is 254. The van der Waals surface area contributed by atoms with Crippen molar-refractivity contribution < 1.29 is 4.79 Å². The van der Waals surface area contributed by atoms with Gasteiger partial charge in [-0.2, -0.15) is 0 Å². The molecule has 2 bridgehead atoms. The van der Waals surface area contributed by atoms with E-state index in [1.165, 1.54) is 19.3 Å². The molecule has 0 spiro atoms. The highest BCUT2D eigenvalue weighted by atomic mass is 16.1. The van der Waals surface area contributed by atoms with Crippen molar-refractivity contribution in [2.75, 3.05) is 0 Å². The zero-order chi connectivity index (χ0) is 8.13. The second kappa shape index (κ2) is 2.21. The monoisotopic (exact) mass is 162 g/mol. The van der Waals surface area contributed by atoms with Crippen LogP contribution in [0.3, 0.4) is 0 Å². The van der Waals surface area contributed by atoms with Crippen LogP contribution in [0.15, 0.2) is 12.2 Å². The molecule has 0 radical (unpaired) electrons. The normalized spacial score (nSPS) is 49.8. The van der Waals surface area contributed by atoms with Crippen LogP contribution in [0.4, 0.5) is 0 Å². The van der Waals surface area contributed by atoms with Crippen LogP contribution in [0.5, 0.6) is 0 Å². The molecule has 3 aliphatic carbocycles. The van der Waals surface area contributed by atoms with E-state index in [4.69, 9.17) is 0 Å². The third-order valence-corrected chi connectivity index (χ3v) is 4.05. The molecule has 64 valence electrons. The lowest BCUT2D eigenvalue weighted by Crippen LogP contribution is -2.20. The number of allylic oxidation sites excluding steroid dienone is 2. The van der Waals surface area contributed by atoms with E-state index in [1.807, 2.05) is 0 Å². The molecule has 4 atom stereocenters. The molecule has 0 unspecified atom stereocenters. The van der Waals surface area contributed by atoms with Crippen molar-refractivity contribution in [1.82, 2.24) is 0 Å². The minimum absolute atomic E-state index is 0.448. The number of ketones is 1. The predicted octanol–water partition coefficient (Wildman–Crippen LogP) is 2.18. The van der Waals surface area contributed by atoms with E-state index < -0.39 is 0 Å². The molecule has 0 N–H and O–H groups in total. The molecule has 0 aromatic heterocycles. The van der Waals surface area contributed by atoms with Crippen LogP contribution in [0.25, 0.3) is 0 Å². The van der Waals surface area contributed by atoms with E-state index in [0.29, 0.717) is 17.6 Å². The van der Waals surface area contributed by atoms with Gasteiger partial charge in [-0.3, -0.25) is 4.79 Å². The summed E-state index contributed by atoms with van der Waals surface area (Å²) >= 11 is 0. The molecule has 0 heterocycles. The average Bonchev–Trinajstić information content (AvgIpc) is 2.59. The standard InChI is InChI=1S/C11H14O/c12-11-5-4-7-6-10(11)9-3-1-2-8(7)9/h1-2,7-10H,3-6H2/t7-,8-,9-,10+/m0/s1. The molecule has 0 aromatic rings. The van der Waals surface area contributed by atoms with Gasteiger partial charge in [0.05, 0.1) is 0 Å². The summed E-state index contributed by atoms with van der Waals surface area (Å²) in [5, 5.41) is 0. The molecular formula is C11H14O. The third kappa shape index (κ3) is 0.720. The van der Waals surface area contributed by atoms with Crippen LogP contribution in [0, 0.1) is 23.7 Å². The van der Waals surface area contributed by atoms with Crippen molar-refractivity contribution in [1.29, 1.82) is 0 Å². The van der Waals surface area contributed by atoms with Crippen LogP contribution >= 0.6 is 0 Å². The summed E-state index contributed by atoms with van der Waals surface area (Å²) in [5.74, 6) is 3.36. The lowest BCUT2D eigenvalue weighted by molar-refractivity contribution is -0.125. The maximum absolute atomic E-state index is 11.6. The maximum atomic E-state index is 11.6. The van der Waals surface area contributed by atoms with Crippen molar-refractivity contribution in [3.8, 4) is 0 Å². The summed E-state index contributed by atoms with van der Waals surface area (Å²) in [5.41, 5.74) is 0. The quantitative estimate of drug-likeness (QED) is 0.499. The molecule has 0 aromatic carbocycles. The Morgan fingerprint density at radius 1 is 1.42 bits per heavy atom. The molecule has 0 aliphatic heterocycles. The average molecular weight is 162 g/mol. The Hall–Kier alpha value is -0.590. The molecule has 2 fully saturated rings. The first-order valence-electron chi connectivity index (χ1n) is 5.05. The smallest absolute Gasteiger partial charge is 0.136 e. The van der Waals surface area contributed by atoms with Gasteiger partial charge in [-0.25, -0.2) is 0 Å². The minimum atomic E-state index is 0.448. The molecule has 3 rings (SSSR count). The molecular weight excluding hydrogens is 148 g/mol. The van der Waals surface area contributed by atoms with Gasteiger partial charge in [-0.05, 0) is 37.0 Å². The first kappa shape index (κ1) is 6.88. The van der Waals surface area contributed by atoms with Gasteiger partial charge >= 0.3 is 0 Å². The molecule has 3 aliphatic rings. The Morgan fingerprint density at radius 2 is 2.33 bits per heavy atom. The van der Waals surface area contributed by atoms with Crippen molar-refractivity contribution in [2.45, 2.75) is 25.7 Å². The highest BCUT2D eigenvalue weighted by Crippen LogP contribution is 2.52. The number of hydrogen-bond acceptors (Lipinski definition) is 1. The molecule has 0 amide bonds. The van der Waals surface area contributed by atoms with E-state index in [-0.39, 0.29) is 0 Å². The largest absolute Gasteiger partial charge is 0.299 e. The van der Waals surface area contributed by atoms with Gasteiger partial charge in [0, 0.05) is 12.3 Å². The molecule has 2 saturated carbocycles. The van der Waals surface area contributed by atoms with Crippen molar-refractivity contribution >= 4 is 5.78 Å². The first-order valence-corrected chi connectivity index (χ1v) is 5.05. The minimum Gasteiger partial charge on any atom is -0.299 e. The SMILES string of the molecule is O=C1CC[C@H]2C[C@@H]1[C@H]1CC=C[C@@H]21. The van der Waals surface area contributed by atoms with Crippen LogP contribution in [-0.4, -0.2) is 5.78 Å². The summed E-state index contributed by atoms with van der Waals surface area (Å²) in [6.45, 7) is 0. The van der Waals surface area contributed by atoms with E-state index in [1.54, 1.807) is 0 Å². The van der Waals surface area contributed by atoms with E-state index in [9.17, 15) is 4.79 Å². The number of fused-ring (bicyclic) bond motifs is 5. The molecule has 0 saturated heterocycles. The Balaban J connectivity index is 1.97. The van der Waals surface area contributed by atoms with Gasteiger partial charge in [0.15, 0.2) is 0 Å². The highest BCUT2D eigenvalue weighted by molar-refractivity contribution is 5.83. The second-order valence-electron chi connectivity index (χ2n) is 4.51. The number of rotatable bonds is 0. The lowest BCUT2D eigenvalue weighted by Gasteiger charge is -2.18. The molecule has 1 heteroatoms. The Morgan fingerprint density at radius 3 is 3.25 bits per heavy atom. The lowest BCUT2D eigenvalue weighted by atomic mass is 9.85. The number of carbonyl (C=O) groups excluding carboxylic acids is 1. The van der Waals surface area contributed by atoms with E-state index >= 15 is 0 Å². The number of Topliss-reactive ketones (excluding diaryl/α,β-unsaturated/α-hetero) is 1. The second-order valence-corrected chi connectivity index (χ2v) is 4.51. The maximum Gasteiger partial charge on any atom is 0.136 e. The van der Waals surface area contributed by atoms with Gasteiger partial charge in [0.1, 0.15) is 5.78 Å². The topological polar surface area (TPSA) is 17.1 Å². The Kier molecular flexibility index (Phi) is 1.27. The van der Waals surface area contributed by atoms with Crippen LogP contribution in [-0.2, 0) is 4.79 Å². The predicted molar refractivity (Wildman–Crippen MR) is 46.6 cm³/mol. The summed E-state index contributed by atoms with van der Waals surface area (Å²) in [6.07, 6.45) is 9.08. The molecule has 12 heavy (non-hydrogen) atoms. The van der Waals surface area contributed by atoms with Crippen molar-refractivity contribution in [3.63, 3.8) is 0 Å². The Labute approximate surface area is 72.8 Å². The summed E-state index contributed by atoms with van der Waals surface area (Å²) in [7, 11) is 0. The van der Waals surface area contributed by atoms with Crippen molar-refractivity contribution in [2.24, 2.45) is 23.7 Å². The van der Waals surface area contributed by atoms with Crippen LogP contribution < -0.4 is 0 Å². The first-order chi connectivity index (χ1) is 5.86. The van der Waals surface area contributed by atoms with Gasteiger partial charge in [-0.1, -0.05) is 12.2 Å². The summed E-state index contributed by atoms with van der Waals surface area (Å²) in [4.78, 5) is 11.6. The summed E-state index contributed by atoms with van der Waals surface area (Å²) in [6, 6.07) is 0. The highest BCUT2D eigenvalue weighted by Gasteiger charge is 2.48. The fourth-order valence-electron chi connectivity index (χ4n) is 3.48. The fraction of sp³-hybridized carbons (Fsp3) is 0.727. The van der Waals surface area contributed by atoms with Gasteiger partial charge in [0.2, 0.25) is 0 Å². The van der Waals surface area contributed by atoms with Crippen molar-refractivity contribution in [3.05, 3.63) is 12.2 Å². The zero-order valence-corrected chi connectivity index (χ0v) is 7.20. The summed E-state index contributed by atoms with van der Waals surface area (Å²) < 4.78 is 0. The van der Waals surface area contributed by atoms with Gasteiger partial charge in [-0.15, -0.1) is 0 Å². The van der Waals surface area contributed by atoms with E-state index in [2.05, 4.69) is 12.2 Å². The van der Waals surface area contributed by atoms with Gasteiger partial charge < -0.3 is 0 Å². The fourth-order valence-corrected chi connectivity index (χ4v) is 3.48. The number of hydrogen-bond donors (Lipinski definition) is 0. The van der Waals surface area contributed by atoms with Crippen LogP contribution in [0.2, 0.25) is 0 Å². The number of carbonyl (C=O) groups is 1.